The van der Waals surface area contributed by atoms with Gasteiger partial charge in [0.05, 0.1) is 12.1 Å². The van der Waals surface area contributed by atoms with Crippen LogP contribution in [0.25, 0.3) is 0 Å². The Balaban J connectivity index is 1.81. The molecule has 102 valence electrons. The number of nitrogens with one attached hydrogen (secondary N) is 2. The molecule has 6 heteroatoms. The monoisotopic (exact) mass is 255 g/mol. The fraction of sp³-hybridized carbons (Fsp3) is 0.833. The van der Waals surface area contributed by atoms with Crippen molar-refractivity contribution in [2.24, 2.45) is 0 Å². The van der Waals surface area contributed by atoms with Crippen LogP contribution < -0.4 is 10.6 Å². The third kappa shape index (κ3) is 3.00. The van der Waals surface area contributed by atoms with Crippen LogP contribution in [0.3, 0.4) is 0 Å². The Kier molecular flexibility index (Phi) is 4.19. The number of hydrogen-bond donors (Lipinski definition) is 3. The lowest BCUT2D eigenvalue weighted by Crippen LogP contribution is -2.50. The number of carbonyl (C=O) groups is 2. The zero-order valence-electron chi connectivity index (χ0n) is 10.7. The van der Waals surface area contributed by atoms with Gasteiger partial charge in [-0.15, -0.1) is 0 Å². The quantitative estimate of drug-likeness (QED) is 0.594. The largest absolute Gasteiger partial charge is 0.392 e. The van der Waals surface area contributed by atoms with Crippen LogP contribution in [0.2, 0.25) is 0 Å². The summed E-state index contributed by atoms with van der Waals surface area (Å²) < 4.78 is 0. The second-order valence-electron chi connectivity index (χ2n) is 5.11. The number of likely N-dealkylation sites (tertiary alicyclic amines) is 1. The van der Waals surface area contributed by atoms with Gasteiger partial charge < -0.3 is 20.6 Å². The molecule has 0 spiro atoms. The fourth-order valence-corrected chi connectivity index (χ4v) is 2.50. The normalized spacial score (nSPS) is 29.3. The van der Waals surface area contributed by atoms with Crippen LogP contribution in [0.15, 0.2) is 0 Å². The molecule has 3 N–H and O–H groups in total. The van der Waals surface area contributed by atoms with E-state index in [0.717, 1.165) is 25.9 Å². The summed E-state index contributed by atoms with van der Waals surface area (Å²) in [5, 5.41) is 15.0. The molecule has 2 saturated heterocycles. The molecule has 0 aliphatic carbocycles. The van der Waals surface area contributed by atoms with Gasteiger partial charge in [0.1, 0.15) is 6.04 Å². The van der Waals surface area contributed by atoms with Crippen molar-refractivity contribution in [3.8, 4) is 0 Å². The van der Waals surface area contributed by atoms with Gasteiger partial charge in [0, 0.05) is 19.6 Å². The number of aliphatic hydroxyl groups excluding tert-OH is 1. The Morgan fingerprint density at radius 1 is 1.39 bits per heavy atom. The molecule has 2 fully saturated rings. The van der Waals surface area contributed by atoms with Crippen LogP contribution in [0.5, 0.6) is 0 Å². The summed E-state index contributed by atoms with van der Waals surface area (Å²) in [7, 11) is 0. The number of rotatable bonds is 3. The van der Waals surface area contributed by atoms with Crippen LogP contribution in [0, 0.1) is 0 Å². The molecule has 2 aliphatic heterocycles. The minimum Gasteiger partial charge on any atom is -0.392 e. The summed E-state index contributed by atoms with van der Waals surface area (Å²) in [4.78, 5) is 25.7. The molecule has 0 aromatic rings. The van der Waals surface area contributed by atoms with E-state index in [2.05, 4.69) is 10.6 Å². The number of hydrogen-bond acceptors (Lipinski definition) is 4. The Bertz CT molecular complexity index is 329. The van der Waals surface area contributed by atoms with Crippen LogP contribution in [-0.2, 0) is 9.59 Å². The van der Waals surface area contributed by atoms with E-state index in [0.29, 0.717) is 13.0 Å². The van der Waals surface area contributed by atoms with Crippen LogP contribution in [0.4, 0.5) is 0 Å². The average molecular weight is 255 g/mol. The summed E-state index contributed by atoms with van der Waals surface area (Å²) in [5.74, 6) is -0.217. The number of aliphatic hydroxyl groups is 1. The first kappa shape index (κ1) is 13.3. The van der Waals surface area contributed by atoms with E-state index in [9.17, 15) is 14.7 Å². The summed E-state index contributed by atoms with van der Waals surface area (Å²) in [6, 6.07) is -0.871. The third-order valence-electron chi connectivity index (χ3n) is 3.57. The van der Waals surface area contributed by atoms with Crippen molar-refractivity contribution < 1.29 is 14.7 Å². The zero-order chi connectivity index (χ0) is 13.1. The first-order valence-electron chi connectivity index (χ1n) is 6.58. The van der Waals surface area contributed by atoms with Crippen molar-refractivity contribution in [3.63, 3.8) is 0 Å². The van der Waals surface area contributed by atoms with Gasteiger partial charge in [-0.05, 0) is 26.2 Å². The number of β-amino-alcohol motifs (C(OH)–C–C–N with tert-alkyl or cyclic N) is 1. The molecule has 0 aromatic heterocycles. The van der Waals surface area contributed by atoms with Crippen LogP contribution >= 0.6 is 0 Å². The Labute approximate surface area is 107 Å². The molecule has 2 heterocycles. The predicted octanol–water partition coefficient (Wildman–Crippen LogP) is -1.16. The summed E-state index contributed by atoms with van der Waals surface area (Å²) in [6.45, 7) is 3.73. The highest BCUT2D eigenvalue weighted by Crippen LogP contribution is 2.10. The van der Waals surface area contributed by atoms with Crippen molar-refractivity contribution in [1.82, 2.24) is 15.5 Å². The molecular weight excluding hydrogens is 234 g/mol. The van der Waals surface area contributed by atoms with Gasteiger partial charge >= 0.3 is 0 Å². The van der Waals surface area contributed by atoms with Crippen LogP contribution in [0.1, 0.15) is 26.2 Å². The maximum absolute atomic E-state index is 12.0. The Morgan fingerprint density at radius 3 is 2.61 bits per heavy atom. The van der Waals surface area contributed by atoms with Crippen molar-refractivity contribution in [2.75, 3.05) is 19.6 Å². The summed E-state index contributed by atoms with van der Waals surface area (Å²) in [5.41, 5.74) is 0. The maximum Gasteiger partial charge on any atom is 0.244 e. The van der Waals surface area contributed by atoms with Gasteiger partial charge in [-0.2, -0.15) is 0 Å². The van der Waals surface area contributed by atoms with Gasteiger partial charge in [0.2, 0.25) is 11.8 Å². The van der Waals surface area contributed by atoms with Gasteiger partial charge in [-0.1, -0.05) is 0 Å². The van der Waals surface area contributed by atoms with Crippen molar-refractivity contribution in [2.45, 2.75) is 44.4 Å². The number of carbonyl (C=O) groups excluding carboxylic acids is 2. The third-order valence-corrected chi connectivity index (χ3v) is 3.57. The highest BCUT2D eigenvalue weighted by molar-refractivity contribution is 5.89. The van der Waals surface area contributed by atoms with E-state index in [1.807, 2.05) is 0 Å². The van der Waals surface area contributed by atoms with Gasteiger partial charge in [0.25, 0.3) is 0 Å². The van der Waals surface area contributed by atoms with Gasteiger partial charge in [-0.3, -0.25) is 9.59 Å². The second kappa shape index (κ2) is 5.67. The fourth-order valence-electron chi connectivity index (χ4n) is 2.50. The lowest BCUT2D eigenvalue weighted by molar-refractivity contribution is -0.135. The molecule has 2 amide bonds. The highest BCUT2D eigenvalue weighted by atomic mass is 16.3. The summed E-state index contributed by atoms with van der Waals surface area (Å²) >= 11 is 0. The molecule has 6 nitrogen and oxygen atoms in total. The highest BCUT2D eigenvalue weighted by Gasteiger charge is 2.31. The maximum atomic E-state index is 12.0. The van der Waals surface area contributed by atoms with Gasteiger partial charge in [0.15, 0.2) is 0 Å². The average Bonchev–Trinajstić information content (AvgIpc) is 2.98. The standard InChI is InChI=1S/C12H21N3O3/c1-8(12(18)15-4-2-3-5-15)14-11(17)10-6-9(16)7-13-10/h8-10,13,16H,2-7H2,1H3,(H,14,17). The Hall–Kier alpha value is -1.14. The lowest BCUT2D eigenvalue weighted by Gasteiger charge is -2.22. The summed E-state index contributed by atoms with van der Waals surface area (Å²) in [6.07, 6.45) is 2.03. The number of nitrogens with zero attached hydrogens (tertiary/aromatic N) is 1. The number of amides is 2. The van der Waals surface area contributed by atoms with Crippen molar-refractivity contribution >= 4 is 11.8 Å². The minimum absolute atomic E-state index is 0.0144. The Morgan fingerprint density at radius 2 is 2.06 bits per heavy atom. The second-order valence-corrected chi connectivity index (χ2v) is 5.11. The van der Waals surface area contributed by atoms with Crippen molar-refractivity contribution in [1.29, 1.82) is 0 Å². The molecule has 0 aromatic carbocycles. The van der Waals surface area contributed by atoms with E-state index in [1.54, 1.807) is 11.8 Å². The first-order chi connectivity index (χ1) is 8.58. The molecule has 0 radical (unpaired) electrons. The molecular formula is C12H21N3O3. The predicted molar refractivity (Wildman–Crippen MR) is 65.8 cm³/mol. The van der Waals surface area contributed by atoms with Crippen LogP contribution in [-0.4, -0.2) is 59.6 Å². The van der Waals surface area contributed by atoms with E-state index in [1.165, 1.54) is 0 Å². The SMILES string of the molecule is CC(NC(=O)C1CC(O)CN1)C(=O)N1CCCC1. The molecule has 3 atom stereocenters. The molecule has 2 aliphatic rings. The molecule has 0 bridgehead atoms. The first-order valence-corrected chi connectivity index (χ1v) is 6.58. The van der Waals surface area contributed by atoms with E-state index in [4.69, 9.17) is 0 Å². The van der Waals surface area contributed by atoms with E-state index in [-0.39, 0.29) is 17.9 Å². The lowest BCUT2D eigenvalue weighted by atomic mass is 10.2. The van der Waals surface area contributed by atoms with Gasteiger partial charge in [-0.25, -0.2) is 0 Å². The molecule has 18 heavy (non-hydrogen) atoms. The topological polar surface area (TPSA) is 81.7 Å². The zero-order valence-corrected chi connectivity index (χ0v) is 10.7. The van der Waals surface area contributed by atoms with E-state index >= 15 is 0 Å². The molecule has 3 unspecified atom stereocenters. The molecule has 2 rings (SSSR count). The van der Waals surface area contributed by atoms with Crippen molar-refractivity contribution in [3.05, 3.63) is 0 Å². The smallest absolute Gasteiger partial charge is 0.244 e. The molecule has 0 saturated carbocycles. The van der Waals surface area contributed by atoms with E-state index < -0.39 is 12.1 Å². The minimum atomic E-state index is -0.491.